The van der Waals surface area contributed by atoms with Crippen molar-refractivity contribution in [3.63, 3.8) is 0 Å². The zero-order valence-electron chi connectivity index (χ0n) is 9.12. The number of likely N-dealkylation sites (N-methyl/N-ethyl adjacent to an activating group) is 1. The Morgan fingerprint density at radius 2 is 2.25 bits per heavy atom. The number of carbonyl (C=O) groups is 1. The summed E-state index contributed by atoms with van der Waals surface area (Å²) >= 11 is 1.56. The van der Waals surface area contributed by atoms with Gasteiger partial charge in [0.25, 0.3) is 5.91 Å². The molecule has 86 valence electrons. The van der Waals surface area contributed by atoms with E-state index in [4.69, 9.17) is 0 Å². The number of hydrogen-bond donors (Lipinski definition) is 3. The van der Waals surface area contributed by atoms with Crippen LogP contribution < -0.4 is 16.2 Å². The van der Waals surface area contributed by atoms with Gasteiger partial charge in [0.2, 0.25) is 0 Å². The molecule has 1 fully saturated rings. The fourth-order valence-corrected chi connectivity index (χ4v) is 2.72. The minimum atomic E-state index is -0.697. The van der Waals surface area contributed by atoms with Crippen LogP contribution >= 0.6 is 11.8 Å². The number of benzene rings is 1. The van der Waals surface area contributed by atoms with Crippen LogP contribution in [-0.2, 0) is 9.67 Å². The number of thioether (sulfide) groups is 1. The predicted molar refractivity (Wildman–Crippen MR) is 65.5 cm³/mol. The molecule has 2 rings (SSSR count). The smallest absolute Gasteiger partial charge is 0.256 e. The van der Waals surface area contributed by atoms with Gasteiger partial charge in [0.05, 0.1) is 5.88 Å². The second-order valence-corrected chi connectivity index (χ2v) is 4.69. The molecule has 0 bridgehead atoms. The van der Waals surface area contributed by atoms with Gasteiger partial charge in [-0.25, -0.2) is 10.9 Å². The van der Waals surface area contributed by atoms with Gasteiger partial charge >= 0.3 is 0 Å². The number of carbonyl (C=O) groups excluding carboxylic acids is 1. The fourth-order valence-electron chi connectivity index (χ4n) is 1.71. The topological polar surface area (TPSA) is 53.2 Å². The van der Waals surface area contributed by atoms with E-state index in [1.54, 1.807) is 11.8 Å². The Bertz CT molecular complexity index is 363. The van der Waals surface area contributed by atoms with Crippen molar-refractivity contribution in [2.24, 2.45) is 0 Å². The van der Waals surface area contributed by atoms with Gasteiger partial charge in [0.15, 0.2) is 4.87 Å². The van der Waals surface area contributed by atoms with E-state index in [0.29, 0.717) is 12.4 Å². The van der Waals surface area contributed by atoms with E-state index in [9.17, 15) is 4.79 Å². The Morgan fingerprint density at radius 3 is 2.81 bits per heavy atom. The highest BCUT2D eigenvalue weighted by Gasteiger charge is 2.43. The fraction of sp³-hybridized carbons (Fsp3) is 0.364. The maximum absolute atomic E-state index is 12.1. The second-order valence-electron chi connectivity index (χ2n) is 3.50. The molecule has 0 aliphatic carbocycles. The van der Waals surface area contributed by atoms with E-state index >= 15 is 0 Å². The lowest BCUT2D eigenvalue weighted by Crippen LogP contribution is -2.51. The molecule has 1 aromatic carbocycles. The first-order valence-electron chi connectivity index (χ1n) is 5.27. The average molecular weight is 237 g/mol. The summed E-state index contributed by atoms with van der Waals surface area (Å²) in [6.07, 6.45) is 0. The zero-order chi connectivity index (χ0) is 11.4. The van der Waals surface area contributed by atoms with Gasteiger partial charge in [0.1, 0.15) is 0 Å². The largest absolute Gasteiger partial charge is 0.354 e. The molecule has 1 aliphatic heterocycles. The Kier molecular flexibility index (Phi) is 3.48. The van der Waals surface area contributed by atoms with Gasteiger partial charge in [-0.1, -0.05) is 30.3 Å². The quantitative estimate of drug-likeness (QED) is 0.727. The molecule has 0 spiro atoms. The van der Waals surface area contributed by atoms with Gasteiger partial charge in [-0.15, -0.1) is 11.8 Å². The maximum atomic E-state index is 12.1. The van der Waals surface area contributed by atoms with Crippen LogP contribution in [0.5, 0.6) is 0 Å². The normalized spacial score (nSPS) is 24.3. The van der Waals surface area contributed by atoms with Crippen LogP contribution in [0.2, 0.25) is 0 Å². The average Bonchev–Trinajstić information content (AvgIpc) is 2.81. The molecular weight excluding hydrogens is 222 g/mol. The number of amides is 1. The molecule has 1 amide bonds. The van der Waals surface area contributed by atoms with E-state index in [2.05, 4.69) is 16.2 Å². The third-order valence-electron chi connectivity index (χ3n) is 2.46. The molecule has 3 N–H and O–H groups in total. The lowest BCUT2D eigenvalue weighted by Gasteiger charge is -2.26. The molecule has 1 heterocycles. The summed E-state index contributed by atoms with van der Waals surface area (Å²) in [6, 6.07) is 9.75. The van der Waals surface area contributed by atoms with Crippen molar-refractivity contribution in [3.05, 3.63) is 35.9 Å². The maximum Gasteiger partial charge on any atom is 0.256 e. The van der Waals surface area contributed by atoms with Crippen LogP contribution in [0.15, 0.2) is 30.3 Å². The van der Waals surface area contributed by atoms with Crippen LogP contribution in [0.3, 0.4) is 0 Å². The van der Waals surface area contributed by atoms with Crippen LogP contribution in [0.25, 0.3) is 0 Å². The summed E-state index contributed by atoms with van der Waals surface area (Å²) in [5, 5.41) is 2.86. The van der Waals surface area contributed by atoms with Crippen molar-refractivity contribution in [3.8, 4) is 0 Å². The Hall–Kier alpha value is -1.04. The van der Waals surface area contributed by atoms with Crippen molar-refractivity contribution in [1.82, 2.24) is 16.2 Å². The van der Waals surface area contributed by atoms with E-state index in [-0.39, 0.29) is 5.91 Å². The zero-order valence-corrected chi connectivity index (χ0v) is 9.93. The van der Waals surface area contributed by atoms with Crippen molar-refractivity contribution in [2.75, 3.05) is 12.4 Å². The predicted octanol–water partition coefficient (Wildman–Crippen LogP) is 0.774. The first-order chi connectivity index (χ1) is 7.79. The Balaban J connectivity index is 2.32. The molecule has 1 atom stereocenters. The monoisotopic (exact) mass is 237 g/mol. The van der Waals surface area contributed by atoms with E-state index in [1.165, 1.54) is 0 Å². The van der Waals surface area contributed by atoms with E-state index in [1.807, 2.05) is 37.3 Å². The molecular formula is C11H15N3OS. The molecule has 1 saturated heterocycles. The number of hydrogen-bond acceptors (Lipinski definition) is 4. The van der Waals surface area contributed by atoms with E-state index in [0.717, 1.165) is 5.56 Å². The summed E-state index contributed by atoms with van der Waals surface area (Å²) < 4.78 is 0. The highest BCUT2D eigenvalue weighted by Crippen LogP contribution is 2.35. The van der Waals surface area contributed by atoms with Crippen LogP contribution in [0.1, 0.15) is 12.5 Å². The van der Waals surface area contributed by atoms with Crippen LogP contribution in [0.4, 0.5) is 0 Å². The number of rotatable bonds is 3. The van der Waals surface area contributed by atoms with Gasteiger partial charge < -0.3 is 5.32 Å². The molecule has 1 unspecified atom stereocenters. The summed E-state index contributed by atoms with van der Waals surface area (Å²) in [4.78, 5) is 11.4. The minimum absolute atomic E-state index is 0.00352. The highest BCUT2D eigenvalue weighted by molar-refractivity contribution is 8.01. The first kappa shape index (κ1) is 11.4. The molecule has 5 heteroatoms. The highest BCUT2D eigenvalue weighted by atomic mass is 32.2. The summed E-state index contributed by atoms with van der Waals surface area (Å²) in [5.41, 5.74) is 7.04. The van der Waals surface area contributed by atoms with Crippen molar-refractivity contribution in [1.29, 1.82) is 0 Å². The molecule has 4 nitrogen and oxygen atoms in total. The van der Waals surface area contributed by atoms with Crippen molar-refractivity contribution >= 4 is 17.7 Å². The van der Waals surface area contributed by atoms with Gasteiger partial charge in [-0.2, -0.15) is 0 Å². The lowest BCUT2D eigenvalue weighted by atomic mass is 10.1. The standard InChI is InChI=1S/C11H15N3OS/c1-2-12-10(15)11(14-13-8-16-11)9-6-4-3-5-7-9/h3-7,13-14H,2,8H2,1H3,(H,12,15). The molecule has 1 aromatic rings. The molecule has 1 aliphatic rings. The van der Waals surface area contributed by atoms with Crippen LogP contribution in [0, 0.1) is 0 Å². The molecule has 0 radical (unpaired) electrons. The van der Waals surface area contributed by atoms with Crippen molar-refractivity contribution < 1.29 is 4.79 Å². The van der Waals surface area contributed by atoms with Crippen molar-refractivity contribution in [2.45, 2.75) is 11.8 Å². The second kappa shape index (κ2) is 4.86. The van der Waals surface area contributed by atoms with Gasteiger partial charge in [-0.05, 0) is 12.5 Å². The lowest BCUT2D eigenvalue weighted by molar-refractivity contribution is -0.124. The first-order valence-corrected chi connectivity index (χ1v) is 6.26. The summed E-state index contributed by atoms with van der Waals surface area (Å²) in [6.45, 7) is 2.55. The third kappa shape index (κ3) is 1.93. The Morgan fingerprint density at radius 1 is 1.50 bits per heavy atom. The number of nitrogens with one attached hydrogen (secondary N) is 3. The third-order valence-corrected chi connectivity index (χ3v) is 3.71. The SMILES string of the molecule is CCNC(=O)C1(c2ccccc2)NNCS1. The van der Waals surface area contributed by atoms with Gasteiger partial charge in [-0.3, -0.25) is 4.79 Å². The summed E-state index contributed by atoms with van der Waals surface area (Å²) in [7, 11) is 0. The van der Waals surface area contributed by atoms with Gasteiger partial charge in [0, 0.05) is 6.54 Å². The summed E-state index contributed by atoms with van der Waals surface area (Å²) in [5.74, 6) is 0.711. The Labute approximate surface area is 99.2 Å². The van der Waals surface area contributed by atoms with Crippen LogP contribution in [-0.4, -0.2) is 18.3 Å². The van der Waals surface area contributed by atoms with E-state index < -0.39 is 4.87 Å². The minimum Gasteiger partial charge on any atom is -0.354 e. The molecule has 16 heavy (non-hydrogen) atoms. The number of hydrazine groups is 1. The molecule has 0 saturated carbocycles. The molecule has 0 aromatic heterocycles.